The SMILES string of the molecule is Cn1c(=O)c2[nH]c(CN3CCC[C@@H]3c3cccc4ccccc34)nc2n(C)c1=O. The van der Waals surface area contributed by atoms with Crippen LogP contribution in [0, 0.1) is 0 Å². The van der Waals surface area contributed by atoms with Gasteiger partial charge < -0.3 is 4.98 Å². The number of likely N-dealkylation sites (tertiary alicyclic amines) is 1. The average molecular weight is 389 g/mol. The van der Waals surface area contributed by atoms with E-state index in [0.29, 0.717) is 29.6 Å². The smallest absolute Gasteiger partial charge is 0.332 e. The molecule has 0 aliphatic carbocycles. The van der Waals surface area contributed by atoms with Crippen LogP contribution in [0.3, 0.4) is 0 Å². The highest BCUT2D eigenvalue weighted by Crippen LogP contribution is 2.36. The Kier molecular flexibility index (Phi) is 4.13. The first-order chi connectivity index (χ1) is 14.0. The first kappa shape index (κ1) is 17.9. The number of hydrogen-bond donors (Lipinski definition) is 1. The van der Waals surface area contributed by atoms with Crippen molar-refractivity contribution in [1.82, 2.24) is 24.0 Å². The topological polar surface area (TPSA) is 75.9 Å². The van der Waals surface area contributed by atoms with Gasteiger partial charge in [0.25, 0.3) is 5.56 Å². The van der Waals surface area contributed by atoms with E-state index in [1.807, 2.05) is 0 Å². The van der Waals surface area contributed by atoms with Gasteiger partial charge in [0.1, 0.15) is 11.3 Å². The molecule has 2 aromatic carbocycles. The lowest BCUT2D eigenvalue weighted by atomic mass is 9.97. The van der Waals surface area contributed by atoms with E-state index in [4.69, 9.17) is 0 Å². The third kappa shape index (κ3) is 2.81. The predicted molar refractivity (Wildman–Crippen MR) is 113 cm³/mol. The van der Waals surface area contributed by atoms with Crippen LogP contribution in [0.4, 0.5) is 0 Å². The van der Waals surface area contributed by atoms with Gasteiger partial charge >= 0.3 is 5.69 Å². The number of aryl methyl sites for hydroxylation is 1. The van der Waals surface area contributed by atoms with E-state index in [1.165, 1.54) is 28.0 Å². The standard InChI is InChI=1S/C22H23N5O2/c1-25-20-19(21(28)26(2)22(25)29)23-18(24-20)13-27-12-6-11-17(27)16-10-5-8-14-7-3-4-9-15(14)16/h3-5,7-10,17H,6,11-13H2,1-2H3,(H,23,24)/t17-/m1/s1. The Hall–Kier alpha value is -3.19. The highest BCUT2D eigenvalue weighted by atomic mass is 16.2. The molecule has 0 spiro atoms. The molecule has 5 rings (SSSR count). The lowest BCUT2D eigenvalue weighted by Gasteiger charge is -2.25. The summed E-state index contributed by atoms with van der Waals surface area (Å²) in [7, 11) is 3.13. The van der Waals surface area contributed by atoms with Crippen molar-refractivity contribution in [1.29, 1.82) is 0 Å². The maximum absolute atomic E-state index is 12.4. The minimum Gasteiger partial charge on any atom is -0.335 e. The third-order valence-corrected chi connectivity index (χ3v) is 6.04. The molecule has 0 saturated carbocycles. The van der Waals surface area contributed by atoms with Crippen molar-refractivity contribution >= 4 is 21.9 Å². The summed E-state index contributed by atoms with van der Waals surface area (Å²) in [6, 6.07) is 15.3. The summed E-state index contributed by atoms with van der Waals surface area (Å²) in [5.41, 5.74) is 1.42. The van der Waals surface area contributed by atoms with Gasteiger partial charge in [0.2, 0.25) is 0 Å². The summed E-state index contributed by atoms with van der Waals surface area (Å²) in [5, 5.41) is 2.53. The van der Waals surface area contributed by atoms with Gasteiger partial charge in [0, 0.05) is 20.1 Å². The Balaban J connectivity index is 1.53. The lowest BCUT2D eigenvalue weighted by Crippen LogP contribution is -2.36. The molecule has 1 fully saturated rings. The molecule has 148 valence electrons. The summed E-state index contributed by atoms with van der Waals surface area (Å²) in [6.45, 7) is 1.59. The Bertz CT molecular complexity index is 1340. The van der Waals surface area contributed by atoms with Crippen molar-refractivity contribution in [2.24, 2.45) is 14.1 Å². The number of hydrogen-bond acceptors (Lipinski definition) is 4. The van der Waals surface area contributed by atoms with Gasteiger partial charge in [-0.2, -0.15) is 0 Å². The van der Waals surface area contributed by atoms with E-state index in [1.54, 1.807) is 7.05 Å². The van der Waals surface area contributed by atoms with Crippen LogP contribution in [0.2, 0.25) is 0 Å². The molecule has 0 bridgehead atoms. The van der Waals surface area contributed by atoms with Crippen LogP contribution in [-0.2, 0) is 20.6 Å². The number of nitrogens with zero attached hydrogens (tertiary/aromatic N) is 4. The molecule has 1 atom stereocenters. The van der Waals surface area contributed by atoms with Gasteiger partial charge in [-0.25, -0.2) is 9.78 Å². The summed E-state index contributed by atoms with van der Waals surface area (Å²) >= 11 is 0. The molecule has 2 aromatic heterocycles. The van der Waals surface area contributed by atoms with Crippen molar-refractivity contribution in [3.63, 3.8) is 0 Å². The number of fused-ring (bicyclic) bond motifs is 2. The zero-order chi connectivity index (χ0) is 20.1. The van der Waals surface area contributed by atoms with E-state index in [2.05, 4.69) is 57.3 Å². The zero-order valence-electron chi connectivity index (χ0n) is 16.6. The van der Waals surface area contributed by atoms with E-state index in [-0.39, 0.29) is 11.2 Å². The van der Waals surface area contributed by atoms with E-state index in [0.717, 1.165) is 24.0 Å². The van der Waals surface area contributed by atoms with E-state index in [9.17, 15) is 9.59 Å². The predicted octanol–water partition coefficient (Wildman–Crippen LogP) is 2.45. The molecular formula is C22H23N5O2. The van der Waals surface area contributed by atoms with E-state index >= 15 is 0 Å². The minimum atomic E-state index is -0.365. The molecule has 1 N–H and O–H groups in total. The number of aromatic amines is 1. The quantitative estimate of drug-likeness (QED) is 0.584. The Morgan fingerprint density at radius 3 is 2.72 bits per heavy atom. The Labute approximate surface area is 167 Å². The summed E-state index contributed by atoms with van der Waals surface area (Å²) in [5.74, 6) is 0.713. The van der Waals surface area contributed by atoms with Crippen LogP contribution in [-0.4, -0.2) is 30.5 Å². The molecule has 1 saturated heterocycles. The van der Waals surface area contributed by atoms with Gasteiger partial charge in [-0.05, 0) is 35.7 Å². The van der Waals surface area contributed by atoms with Crippen molar-refractivity contribution in [2.75, 3.05) is 6.54 Å². The fourth-order valence-corrected chi connectivity index (χ4v) is 4.55. The number of nitrogens with one attached hydrogen (secondary N) is 1. The second-order valence-corrected chi connectivity index (χ2v) is 7.78. The number of benzene rings is 2. The summed E-state index contributed by atoms with van der Waals surface area (Å²) in [4.78, 5) is 34.8. The molecule has 4 aromatic rings. The van der Waals surface area contributed by atoms with Crippen LogP contribution in [0.25, 0.3) is 21.9 Å². The number of rotatable bonds is 3. The Morgan fingerprint density at radius 2 is 1.86 bits per heavy atom. The van der Waals surface area contributed by atoms with Crippen molar-refractivity contribution in [3.05, 3.63) is 74.7 Å². The van der Waals surface area contributed by atoms with Gasteiger partial charge in [-0.15, -0.1) is 0 Å². The van der Waals surface area contributed by atoms with Crippen molar-refractivity contribution in [3.8, 4) is 0 Å². The summed E-state index contributed by atoms with van der Waals surface area (Å²) < 4.78 is 2.53. The number of H-pyrrole nitrogens is 1. The molecule has 3 heterocycles. The first-order valence-electron chi connectivity index (χ1n) is 9.91. The second-order valence-electron chi connectivity index (χ2n) is 7.78. The van der Waals surface area contributed by atoms with Gasteiger partial charge in [-0.3, -0.25) is 18.8 Å². The van der Waals surface area contributed by atoms with Gasteiger partial charge in [0.05, 0.1) is 6.54 Å². The average Bonchev–Trinajstić information content (AvgIpc) is 3.38. The number of imidazole rings is 1. The molecule has 29 heavy (non-hydrogen) atoms. The van der Waals surface area contributed by atoms with E-state index < -0.39 is 0 Å². The first-order valence-corrected chi connectivity index (χ1v) is 9.91. The van der Waals surface area contributed by atoms with Gasteiger partial charge in [0.15, 0.2) is 5.65 Å². The fraction of sp³-hybridized carbons (Fsp3) is 0.318. The fourth-order valence-electron chi connectivity index (χ4n) is 4.55. The largest absolute Gasteiger partial charge is 0.335 e. The number of aromatic nitrogens is 4. The third-order valence-electron chi connectivity index (χ3n) is 6.04. The van der Waals surface area contributed by atoms with Crippen molar-refractivity contribution < 1.29 is 0 Å². The van der Waals surface area contributed by atoms with Crippen molar-refractivity contribution in [2.45, 2.75) is 25.4 Å². The molecule has 0 radical (unpaired) electrons. The molecule has 0 unspecified atom stereocenters. The maximum Gasteiger partial charge on any atom is 0.332 e. The second kappa shape index (κ2) is 6.70. The van der Waals surface area contributed by atoms with Crippen LogP contribution >= 0.6 is 0 Å². The molecule has 7 heteroatoms. The van der Waals surface area contributed by atoms with Crippen LogP contribution in [0.1, 0.15) is 30.3 Å². The van der Waals surface area contributed by atoms with Crippen LogP contribution < -0.4 is 11.2 Å². The van der Waals surface area contributed by atoms with Crippen LogP contribution in [0.15, 0.2) is 52.1 Å². The highest BCUT2D eigenvalue weighted by molar-refractivity contribution is 5.86. The molecule has 1 aliphatic rings. The monoisotopic (exact) mass is 389 g/mol. The Morgan fingerprint density at radius 1 is 1.07 bits per heavy atom. The molecule has 7 nitrogen and oxygen atoms in total. The normalized spacial score (nSPS) is 17.5. The molecular weight excluding hydrogens is 366 g/mol. The summed E-state index contributed by atoms with van der Waals surface area (Å²) in [6.07, 6.45) is 2.21. The lowest BCUT2D eigenvalue weighted by molar-refractivity contribution is 0.244. The highest BCUT2D eigenvalue weighted by Gasteiger charge is 2.28. The molecule has 1 aliphatic heterocycles. The van der Waals surface area contributed by atoms with Crippen LogP contribution in [0.5, 0.6) is 0 Å². The zero-order valence-corrected chi connectivity index (χ0v) is 16.6. The van der Waals surface area contributed by atoms with Gasteiger partial charge in [-0.1, -0.05) is 42.5 Å². The molecule has 0 amide bonds. The maximum atomic E-state index is 12.4. The minimum absolute atomic E-state index is 0.306.